The van der Waals surface area contributed by atoms with Crippen molar-refractivity contribution in [2.24, 2.45) is 5.92 Å². The number of esters is 1. The lowest BCUT2D eigenvalue weighted by atomic mass is 10.1. The molecule has 0 bridgehead atoms. The van der Waals surface area contributed by atoms with E-state index in [1.807, 2.05) is 0 Å². The van der Waals surface area contributed by atoms with E-state index in [1.165, 1.54) is 19.3 Å². The van der Waals surface area contributed by atoms with Gasteiger partial charge in [-0.05, 0) is 25.7 Å². The van der Waals surface area contributed by atoms with Gasteiger partial charge in [0.2, 0.25) is 0 Å². The molecule has 1 N–H and O–H groups in total. The van der Waals surface area contributed by atoms with Gasteiger partial charge in [-0.3, -0.25) is 0 Å². The van der Waals surface area contributed by atoms with Crippen LogP contribution >= 0.6 is 0 Å². The van der Waals surface area contributed by atoms with Crippen LogP contribution in [0.25, 0.3) is 0 Å². The Balaban J connectivity index is 1.92. The number of hydrogen-bond acceptors (Lipinski definition) is 4. The van der Waals surface area contributed by atoms with Gasteiger partial charge in [0, 0.05) is 12.6 Å². The second-order valence-electron chi connectivity index (χ2n) is 4.60. The highest BCUT2D eigenvalue weighted by Crippen LogP contribution is 2.33. The summed E-state index contributed by atoms with van der Waals surface area (Å²) in [5, 5.41) is 3.47. The van der Waals surface area contributed by atoms with Crippen molar-refractivity contribution < 1.29 is 14.3 Å². The lowest BCUT2D eigenvalue weighted by Gasteiger charge is -2.16. The predicted octanol–water partition coefficient (Wildman–Crippen LogP) is 1.73. The molecule has 0 aromatic rings. The molecule has 1 atom stereocenters. The Bertz CT molecular complexity index is 217. The summed E-state index contributed by atoms with van der Waals surface area (Å²) < 4.78 is 9.99. The van der Waals surface area contributed by atoms with Gasteiger partial charge < -0.3 is 14.8 Å². The molecule has 0 saturated heterocycles. The molecule has 1 aliphatic carbocycles. The third kappa shape index (κ3) is 7.34. The molecule has 0 aromatic carbocycles. The third-order valence-corrected chi connectivity index (χ3v) is 3.01. The molecule has 0 heterocycles. The Kier molecular flexibility index (Phi) is 7.21. The zero-order valence-electron chi connectivity index (χ0n) is 11.0. The van der Waals surface area contributed by atoms with Gasteiger partial charge in [-0.25, -0.2) is 4.79 Å². The molecular formula is C13H25NO3. The van der Waals surface area contributed by atoms with Gasteiger partial charge >= 0.3 is 5.97 Å². The van der Waals surface area contributed by atoms with Crippen molar-refractivity contribution in [3.05, 3.63) is 0 Å². The molecule has 0 aliphatic heterocycles. The summed E-state index contributed by atoms with van der Waals surface area (Å²) in [6.45, 7) is 5.86. The number of ether oxygens (including phenoxy) is 2. The van der Waals surface area contributed by atoms with E-state index >= 15 is 0 Å². The van der Waals surface area contributed by atoms with Gasteiger partial charge in [0.1, 0.15) is 6.61 Å². The maximum atomic E-state index is 11.0. The Morgan fingerprint density at radius 2 is 2.18 bits per heavy atom. The molecule has 1 unspecified atom stereocenters. The van der Waals surface area contributed by atoms with E-state index < -0.39 is 0 Å². The highest BCUT2D eigenvalue weighted by molar-refractivity contribution is 5.70. The molecule has 1 rings (SSSR count). The van der Waals surface area contributed by atoms with Crippen molar-refractivity contribution in [3.63, 3.8) is 0 Å². The van der Waals surface area contributed by atoms with Gasteiger partial charge in [-0.2, -0.15) is 0 Å². The molecule has 1 fully saturated rings. The molecule has 1 saturated carbocycles. The Hall–Kier alpha value is -0.610. The summed E-state index contributed by atoms with van der Waals surface area (Å²) >= 11 is 0. The highest BCUT2D eigenvalue weighted by Gasteiger charge is 2.24. The van der Waals surface area contributed by atoms with Crippen molar-refractivity contribution in [1.82, 2.24) is 5.32 Å². The quantitative estimate of drug-likeness (QED) is 0.469. The summed E-state index contributed by atoms with van der Waals surface area (Å²) in [6, 6.07) is 0.605. The Morgan fingerprint density at radius 3 is 2.76 bits per heavy atom. The molecule has 0 spiro atoms. The second-order valence-corrected chi connectivity index (χ2v) is 4.60. The zero-order valence-corrected chi connectivity index (χ0v) is 11.0. The standard InChI is InChI=1S/C13H25NO3/c1-3-12(9-11-5-6-11)14-7-8-16-10-13(15)17-4-2/h11-12,14H,3-10H2,1-2H3. The van der Waals surface area contributed by atoms with Crippen LogP contribution in [0.5, 0.6) is 0 Å². The molecule has 4 nitrogen and oxygen atoms in total. The van der Waals surface area contributed by atoms with Crippen LogP contribution in [0.2, 0.25) is 0 Å². The van der Waals surface area contributed by atoms with E-state index in [1.54, 1.807) is 6.92 Å². The smallest absolute Gasteiger partial charge is 0.332 e. The van der Waals surface area contributed by atoms with E-state index in [9.17, 15) is 4.79 Å². The fourth-order valence-electron chi connectivity index (χ4n) is 1.84. The monoisotopic (exact) mass is 243 g/mol. The van der Waals surface area contributed by atoms with Crippen molar-refractivity contribution in [2.45, 2.75) is 45.6 Å². The summed E-state index contributed by atoms with van der Waals surface area (Å²) in [7, 11) is 0. The SMILES string of the molecule is CCOC(=O)COCCNC(CC)CC1CC1. The average Bonchev–Trinajstić information content (AvgIpc) is 3.11. The van der Waals surface area contributed by atoms with Crippen LogP contribution in [0.1, 0.15) is 39.5 Å². The van der Waals surface area contributed by atoms with E-state index in [-0.39, 0.29) is 12.6 Å². The summed E-state index contributed by atoms with van der Waals surface area (Å²) in [4.78, 5) is 11.0. The van der Waals surface area contributed by atoms with Crippen molar-refractivity contribution in [1.29, 1.82) is 0 Å². The van der Waals surface area contributed by atoms with Crippen LogP contribution < -0.4 is 5.32 Å². The summed E-state index contributed by atoms with van der Waals surface area (Å²) in [5.41, 5.74) is 0. The molecule has 0 amide bonds. The summed E-state index contributed by atoms with van der Waals surface area (Å²) in [6.07, 6.45) is 5.25. The predicted molar refractivity (Wildman–Crippen MR) is 66.9 cm³/mol. The normalized spacial score (nSPS) is 16.8. The van der Waals surface area contributed by atoms with Gasteiger partial charge in [0.15, 0.2) is 0 Å². The molecule has 100 valence electrons. The van der Waals surface area contributed by atoms with Crippen LogP contribution in [-0.2, 0) is 14.3 Å². The lowest BCUT2D eigenvalue weighted by molar-refractivity contribution is -0.148. The lowest BCUT2D eigenvalue weighted by Crippen LogP contribution is -2.32. The van der Waals surface area contributed by atoms with Crippen LogP contribution in [0, 0.1) is 5.92 Å². The van der Waals surface area contributed by atoms with Crippen LogP contribution in [0.3, 0.4) is 0 Å². The maximum absolute atomic E-state index is 11.0. The van der Waals surface area contributed by atoms with Gasteiger partial charge in [-0.15, -0.1) is 0 Å². The molecule has 17 heavy (non-hydrogen) atoms. The minimum absolute atomic E-state index is 0.0644. The molecule has 1 aliphatic rings. The highest BCUT2D eigenvalue weighted by atomic mass is 16.6. The number of rotatable bonds is 10. The zero-order chi connectivity index (χ0) is 12.5. The maximum Gasteiger partial charge on any atom is 0.332 e. The topological polar surface area (TPSA) is 47.6 Å². The molecule has 0 aromatic heterocycles. The van der Waals surface area contributed by atoms with Crippen LogP contribution in [0.4, 0.5) is 0 Å². The Labute approximate surface area is 104 Å². The van der Waals surface area contributed by atoms with E-state index in [2.05, 4.69) is 12.2 Å². The van der Waals surface area contributed by atoms with E-state index in [0.29, 0.717) is 19.3 Å². The van der Waals surface area contributed by atoms with Crippen molar-refractivity contribution in [3.8, 4) is 0 Å². The first kappa shape index (κ1) is 14.5. The minimum atomic E-state index is -0.280. The fraction of sp³-hybridized carbons (Fsp3) is 0.923. The number of hydrogen-bond donors (Lipinski definition) is 1. The molecule has 0 radical (unpaired) electrons. The van der Waals surface area contributed by atoms with Crippen LogP contribution in [-0.4, -0.2) is 38.4 Å². The first-order valence-electron chi connectivity index (χ1n) is 6.73. The minimum Gasteiger partial charge on any atom is -0.464 e. The van der Waals surface area contributed by atoms with E-state index in [0.717, 1.165) is 18.9 Å². The van der Waals surface area contributed by atoms with E-state index in [4.69, 9.17) is 9.47 Å². The van der Waals surface area contributed by atoms with Crippen molar-refractivity contribution in [2.75, 3.05) is 26.4 Å². The summed E-state index contributed by atoms with van der Waals surface area (Å²) in [5.74, 6) is 0.672. The fourth-order valence-corrected chi connectivity index (χ4v) is 1.84. The first-order chi connectivity index (χ1) is 8.26. The molecular weight excluding hydrogens is 218 g/mol. The van der Waals surface area contributed by atoms with Crippen LogP contribution in [0.15, 0.2) is 0 Å². The van der Waals surface area contributed by atoms with Gasteiger partial charge in [0.05, 0.1) is 13.2 Å². The second kappa shape index (κ2) is 8.48. The average molecular weight is 243 g/mol. The van der Waals surface area contributed by atoms with Gasteiger partial charge in [-0.1, -0.05) is 19.8 Å². The number of carbonyl (C=O) groups excluding carboxylic acids is 1. The largest absolute Gasteiger partial charge is 0.464 e. The third-order valence-electron chi connectivity index (χ3n) is 3.01. The van der Waals surface area contributed by atoms with Gasteiger partial charge in [0.25, 0.3) is 0 Å². The first-order valence-corrected chi connectivity index (χ1v) is 6.73. The van der Waals surface area contributed by atoms with Crippen molar-refractivity contribution >= 4 is 5.97 Å². The Morgan fingerprint density at radius 1 is 1.41 bits per heavy atom. The number of carbonyl (C=O) groups is 1. The molecule has 4 heteroatoms. The number of nitrogens with one attached hydrogen (secondary N) is 1.